The fourth-order valence-electron chi connectivity index (χ4n) is 0.857. The molecule has 2 aromatic rings. The summed E-state index contributed by atoms with van der Waals surface area (Å²) in [4.78, 5) is 23.9. The highest BCUT2D eigenvalue weighted by Crippen LogP contribution is 2.04. The first-order valence-corrected chi connectivity index (χ1v) is 4.33. The third-order valence-electron chi connectivity index (χ3n) is 1.59. The summed E-state index contributed by atoms with van der Waals surface area (Å²) in [7, 11) is 1.94. The van der Waals surface area contributed by atoms with Crippen LogP contribution in [0.4, 0.5) is 0 Å². The number of carbonyl (C=O) groups excluding carboxylic acids is 1. The fraction of sp³-hybridized carbons (Fsp3) is 0.100. The highest BCUT2D eigenvalue weighted by Gasteiger charge is 2.06. The zero-order valence-electron chi connectivity index (χ0n) is 8.53. The van der Waals surface area contributed by atoms with Crippen molar-refractivity contribution in [1.29, 1.82) is 0 Å². The lowest BCUT2D eigenvalue weighted by molar-refractivity contribution is 0.0661. The second-order valence-electron chi connectivity index (χ2n) is 2.85. The zero-order valence-corrected chi connectivity index (χ0v) is 8.53. The zero-order chi connectivity index (χ0) is 12.0. The number of aromatic nitrogens is 2. The van der Waals surface area contributed by atoms with E-state index in [1.807, 2.05) is 17.8 Å². The van der Waals surface area contributed by atoms with E-state index >= 15 is 0 Å². The lowest BCUT2D eigenvalue weighted by atomic mass is 10.4. The van der Waals surface area contributed by atoms with Gasteiger partial charge in [0.2, 0.25) is 5.76 Å². The van der Waals surface area contributed by atoms with Crippen LogP contribution in [0.15, 0.2) is 35.3 Å². The van der Waals surface area contributed by atoms with E-state index in [0.717, 1.165) is 0 Å². The molecule has 84 valence electrons. The van der Waals surface area contributed by atoms with Crippen molar-refractivity contribution in [1.82, 2.24) is 9.55 Å². The Labute approximate surface area is 91.1 Å². The van der Waals surface area contributed by atoms with Crippen LogP contribution >= 0.6 is 0 Å². The van der Waals surface area contributed by atoms with Crippen molar-refractivity contribution in [2.75, 3.05) is 0 Å². The standard InChI is InChI=1S/C6H4O4.C4H6N2/c7-3-4-1-2-5(10-4)6(8)9;1-6-3-2-5-4-6/h1-3H,(H,8,9);2-4H,1H3. The first-order chi connectivity index (χ1) is 7.63. The van der Waals surface area contributed by atoms with Crippen LogP contribution in [0, 0.1) is 0 Å². The molecule has 1 N–H and O–H groups in total. The summed E-state index contributed by atoms with van der Waals surface area (Å²) in [5, 5.41) is 8.28. The van der Waals surface area contributed by atoms with E-state index in [4.69, 9.17) is 5.11 Å². The van der Waals surface area contributed by atoms with Crippen molar-refractivity contribution >= 4 is 12.3 Å². The van der Waals surface area contributed by atoms with Crippen molar-refractivity contribution < 1.29 is 19.1 Å². The Hall–Kier alpha value is -2.37. The van der Waals surface area contributed by atoms with Gasteiger partial charge < -0.3 is 14.1 Å². The number of aldehydes is 1. The molecule has 0 fully saturated rings. The third-order valence-corrected chi connectivity index (χ3v) is 1.59. The van der Waals surface area contributed by atoms with E-state index in [1.165, 1.54) is 12.1 Å². The van der Waals surface area contributed by atoms with Crippen molar-refractivity contribution in [3.8, 4) is 0 Å². The Bertz CT molecular complexity index is 459. The molecule has 2 aromatic heterocycles. The Balaban J connectivity index is 0.000000181. The highest BCUT2D eigenvalue weighted by atomic mass is 16.4. The highest BCUT2D eigenvalue weighted by molar-refractivity contribution is 5.85. The number of nitrogens with zero attached hydrogens (tertiary/aromatic N) is 2. The minimum absolute atomic E-state index is 0.0254. The summed E-state index contributed by atoms with van der Waals surface area (Å²) in [5.41, 5.74) is 0. The monoisotopic (exact) mass is 222 g/mol. The Morgan fingerprint density at radius 3 is 2.56 bits per heavy atom. The van der Waals surface area contributed by atoms with Gasteiger partial charge in [0, 0.05) is 19.4 Å². The number of hydrogen-bond donors (Lipinski definition) is 1. The molecule has 0 saturated carbocycles. The summed E-state index contributed by atoms with van der Waals surface area (Å²) in [6.07, 6.45) is 5.84. The van der Waals surface area contributed by atoms with Crippen molar-refractivity contribution in [3.63, 3.8) is 0 Å². The normalized spacial score (nSPS) is 9.06. The van der Waals surface area contributed by atoms with Crippen LogP contribution in [0.5, 0.6) is 0 Å². The largest absolute Gasteiger partial charge is 0.475 e. The molecule has 0 saturated heterocycles. The minimum atomic E-state index is -1.17. The maximum Gasteiger partial charge on any atom is 0.371 e. The predicted octanol–water partition coefficient (Wildman–Crippen LogP) is 1.21. The molecular formula is C10H10N2O4. The number of carbonyl (C=O) groups is 2. The van der Waals surface area contributed by atoms with Gasteiger partial charge in [0.1, 0.15) is 0 Å². The second kappa shape index (κ2) is 5.50. The maximum atomic E-state index is 10.1. The Morgan fingerprint density at radius 2 is 2.31 bits per heavy atom. The smallest absolute Gasteiger partial charge is 0.371 e. The van der Waals surface area contributed by atoms with Crippen LogP contribution in [0.1, 0.15) is 21.1 Å². The van der Waals surface area contributed by atoms with E-state index in [9.17, 15) is 9.59 Å². The summed E-state index contributed by atoms with van der Waals surface area (Å²) in [6.45, 7) is 0. The SMILES string of the molecule is Cn1ccnc1.O=Cc1ccc(C(=O)O)o1. The summed E-state index contributed by atoms with van der Waals surface area (Å²) >= 11 is 0. The van der Waals surface area contributed by atoms with Gasteiger partial charge in [-0.25, -0.2) is 9.78 Å². The average molecular weight is 222 g/mol. The van der Waals surface area contributed by atoms with Crippen molar-refractivity contribution in [2.24, 2.45) is 7.05 Å². The lowest BCUT2D eigenvalue weighted by Gasteiger charge is -1.81. The fourth-order valence-corrected chi connectivity index (χ4v) is 0.857. The molecule has 2 rings (SSSR count). The molecule has 16 heavy (non-hydrogen) atoms. The molecule has 0 aromatic carbocycles. The van der Waals surface area contributed by atoms with Gasteiger partial charge in [0.05, 0.1) is 6.33 Å². The van der Waals surface area contributed by atoms with Gasteiger partial charge in [-0.15, -0.1) is 0 Å². The molecule has 0 atom stereocenters. The number of carboxylic acids is 1. The van der Waals surface area contributed by atoms with E-state index in [-0.39, 0.29) is 11.5 Å². The first kappa shape index (κ1) is 11.7. The van der Waals surface area contributed by atoms with Gasteiger partial charge in [-0.1, -0.05) is 0 Å². The average Bonchev–Trinajstić information content (AvgIpc) is 2.88. The van der Waals surface area contributed by atoms with Gasteiger partial charge >= 0.3 is 5.97 Å². The van der Waals surface area contributed by atoms with E-state index < -0.39 is 5.97 Å². The van der Waals surface area contributed by atoms with E-state index in [2.05, 4.69) is 9.40 Å². The molecule has 0 bridgehead atoms. The lowest BCUT2D eigenvalue weighted by Crippen LogP contribution is -1.91. The number of carboxylic acid groups (broad SMARTS) is 1. The topological polar surface area (TPSA) is 85.3 Å². The van der Waals surface area contributed by atoms with Gasteiger partial charge in [0.15, 0.2) is 12.0 Å². The Kier molecular flexibility index (Phi) is 4.02. The Morgan fingerprint density at radius 1 is 1.56 bits per heavy atom. The number of hydrogen-bond acceptors (Lipinski definition) is 4. The molecule has 6 nitrogen and oxygen atoms in total. The van der Waals surface area contributed by atoms with Gasteiger partial charge in [-0.3, -0.25) is 4.79 Å². The summed E-state index contributed by atoms with van der Waals surface area (Å²) in [6, 6.07) is 2.53. The van der Waals surface area contributed by atoms with E-state index in [1.54, 1.807) is 12.5 Å². The minimum Gasteiger partial charge on any atom is -0.475 e. The summed E-state index contributed by atoms with van der Waals surface area (Å²) < 4.78 is 6.42. The number of aryl methyl sites for hydroxylation is 1. The van der Waals surface area contributed by atoms with Gasteiger partial charge in [-0.2, -0.15) is 0 Å². The third kappa shape index (κ3) is 3.41. The van der Waals surface area contributed by atoms with Crippen LogP contribution in [-0.2, 0) is 7.05 Å². The number of aromatic carboxylic acids is 1. The number of imidazole rings is 1. The molecule has 0 unspecified atom stereocenters. The van der Waals surface area contributed by atoms with Crippen LogP contribution < -0.4 is 0 Å². The summed E-state index contributed by atoms with van der Waals surface area (Å²) in [5.74, 6) is -1.37. The molecule has 0 spiro atoms. The van der Waals surface area contributed by atoms with Crippen molar-refractivity contribution in [3.05, 3.63) is 42.4 Å². The second-order valence-corrected chi connectivity index (χ2v) is 2.85. The molecule has 0 aliphatic rings. The van der Waals surface area contributed by atoms with Crippen molar-refractivity contribution in [2.45, 2.75) is 0 Å². The van der Waals surface area contributed by atoms with E-state index in [0.29, 0.717) is 6.29 Å². The van der Waals surface area contributed by atoms with Gasteiger partial charge in [0.25, 0.3) is 0 Å². The van der Waals surface area contributed by atoms with Crippen LogP contribution in [0.25, 0.3) is 0 Å². The van der Waals surface area contributed by atoms with Crippen LogP contribution in [0.2, 0.25) is 0 Å². The molecule has 0 amide bonds. The molecular weight excluding hydrogens is 212 g/mol. The number of furan rings is 1. The first-order valence-electron chi connectivity index (χ1n) is 4.33. The van der Waals surface area contributed by atoms with Crippen LogP contribution in [0.3, 0.4) is 0 Å². The van der Waals surface area contributed by atoms with Crippen LogP contribution in [-0.4, -0.2) is 26.9 Å². The molecule has 0 radical (unpaired) electrons. The van der Waals surface area contributed by atoms with Gasteiger partial charge in [-0.05, 0) is 12.1 Å². The number of rotatable bonds is 2. The molecule has 6 heteroatoms. The molecule has 0 aliphatic carbocycles. The molecule has 2 heterocycles. The maximum absolute atomic E-state index is 10.1. The predicted molar refractivity (Wildman–Crippen MR) is 54.3 cm³/mol. The quantitative estimate of drug-likeness (QED) is 0.772. The molecule has 0 aliphatic heterocycles.